The summed E-state index contributed by atoms with van der Waals surface area (Å²) in [6, 6.07) is 4.35. The van der Waals surface area contributed by atoms with Crippen molar-refractivity contribution in [2.24, 2.45) is 0 Å². The van der Waals surface area contributed by atoms with E-state index in [4.69, 9.17) is 11.6 Å². The van der Waals surface area contributed by atoms with E-state index in [1.165, 1.54) is 12.8 Å². The average Bonchev–Trinajstić information content (AvgIpc) is 2.70. The number of rotatable bonds is 3. The number of aromatic nitrogens is 1. The molecule has 0 unspecified atom stereocenters. The third kappa shape index (κ3) is 2.59. The van der Waals surface area contributed by atoms with Gasteiger partial charge in [-0.05, 0) is 31.5 Å². The quantitative estimate of drug-likeness (QED) is 0.750. The number of halogens is 1. The van der Waals surface area contributed by atoms with Gasteiger partial charge in [-0.15, -0.1) is 0 Å². The molecule has 1 aromatic heterocycles. The van der Waals surface area contributed by atoms with Crippen LogP contribution in [0.1, 0.15) is 12.8 Å². The van der Waals surface area contributed by atoms with E-state index in [1.54, 1.807) is 12.3 Å². The lowest BCUT2D eigenvalue weighted by atomic mass is 10.2. The van der Waals surface area contributed by atoms with E-state index in [1.807, 2.05) is 6.07 Å². The lowest BCUT2D eigenvalue weighted by Crippen LogP contribution is -2.29. The molecule has 2 N–H and O–H groups in total. The minimum Gasteiger partial charge on any atom is -0.382 e. The fourth-order valence-corrected chi connectivity index (χ4v) is 1.76. The predicted molar refractivity (Wildman–Crippen MR) is 58.8 cm³/mol. The molecule has 0 saturated carbocycles. The maximum absolute atomic E-state index is 5.69. The Morgan fingerprint density at radius 1 is 1.57 bits per heavy atom. The van der Waals surface area contributed by atoms with E-state index in [-0.39, 0.29) is 0 Å². The van der Waals surface area contributed by atoms with Crippen LogP contribution < -0.4 is 10.6 Å². The highest BCUT2D eigenvalue weighted by molar-refractivity contribution is 6.29. The Bertz CT molecular complexity index is 280. The summed E-state index contributed by atoms with van der Waals surface area (Å²) in [4.78, 5) is 4.01. The highest BCUT2D eigenvalue weighted by Crippen LogP contribution is 2.11. The van der Waals surface area contributed by atoms with Crippen molar-refractivity contribution in [2.45, 2.75) is 18.9 Å². The molecule has 0 aromatic carbocycles. The molecule has 2 heterocycles. The fraction of sp³-hybridized carbons (Fsp3) is 0.500. The van der Waals surface area contributed by atoms with Gasteiger partial charge in [0.1, 0.15) is 5.15 Å². The highest BCUT2D eigenvalue weighted by atomic mass is 35.5. The second-order valence-electron chi connectivity index (χ2n) is 3.54. The third-order valence-corrected chi connectivity index (χ3v) is 2.67. The van der Waals surface area contributed by atoms with Crippen molar-refractivity contribution >= 4 is 17.3 Å². The summed E-state index contributed by atoms with van der Waals surface area (Å²) in [6.45, 7) is 2.11. The normalized spacial score (nSPS) is 21.1. The van der Waals surface area contributed by atoms with Crippen molar-refractivity contribution in [2.75, 3.05) is 18.4 Å². The van der Waals surface area contributed by atoms with Gasteiger partial charge in [0.15, 0.2) is 0 Å². The van der Waals surface area contributed by atoms with E-state index >= 15 is 0 Å². The Morgan fingerprint density at radius 2 is 2.50 bits per heavy atom. The van der Waals surface area contributed by atoms with Crippen LogP contribution in [0.25, 0.3) is 0 Å². The van der Waals surface area contributed by atoms with Crippen LogP contribution in [0.15, 0.2) is 18.3 Å². The minimum absolute atomic E-state index is 0.537. The Kier molecular flexibility index (Phi) is 3.22. The van der Waals surface area contributed by atoms with Gasteiger partial charge in [0, 0.05) is 12.6 Å². The first-order chi connectivity index (χ1) is 6.84. The average molecular weight is 212 g/mol. The van der Waals surface area contributed by atoms with Crippen molar-refractivity contribution in [1.29, 1.82) is 0 Å². The standard InChI is InChI=1S/C10H14ClN3/c11-10-4-3-9(7-14-10)13-6-8-2-1-5-12-8/h3-4,7-8,12-13H,1-2,5-6H2/t8-/m1/s1. The predicted octanol–water partition coefficient (Wildman–Crippen LogP) is 1.90. The summed E-state index contributed by atoms with van der Waals surface area (Å²) in [5.41, 5.74) is 1.03. The smallest absolute Gasteiger partial charge is 0.129 e. The summed E-state index contributed by atoms with van der Waals surface area (Å²) in [7, 11) is 0. The maximum Gasteiger partial charge on any atom is 0.129 e. The second kappa shape index (κ2) is 4.62. The van der Waals surface area contributed by atoms with Crippen LogP contribution in [-0.4, -0.2) is 24.1 Å². The molecule has 0 bridgehead atoms. The van der Waals surface area contributed by atoms with Crippen molar-refractivity contribution in [1.82, 2.24) is 10.3 Å². The van der Waals surface area contributed by atoms with Gasteiger partial charge in [0.2, 0.25) is 0 Å². The molecule has 4 heteroatoms. The van der Waals surface area contributed by atoms with E-state index < -0.39 is 0 Å². The second-order valence-corrected chi connectivity index (χ2v) is 3.93. The summed E-state index contributed by atoms with van der Waals surface area (Å²) in [6.07, 6.45) is 4.30. The lowest BCUT2D eigenvalue weighted by Gasteiger charge is -2.11. The monoisotopic (exact) mass is 211 g/mol. The van der Waals surface area contributed by atoms with Crippen molar-refractivity contribution in [3.8, 4) is 0 Å². The molecule has 2 rings (SSSR count). The molecule has 0 amide bonds. The van der Waals surface area contributed by atoms with Crippen LogP contribution in [-0.2, 0) is 0 Å². The molecule has 14 heavy (non-hydrogen) atoms. The molecule has 1 saturated heterocycles. The van der Waals surface area contributed by atoms with E-state index in [9.17, 15) is 0 Å². The largest absolute Gasteiger partial charge is 0.382 e. The summed E-state index contributed by atoms with van der Waals surface area (Å²) in [5.74, 6) is 0. The van der Waals surface area contributed by atoms with Crippen LogP contribution in [0.3, 0.4) is 0 Å². The number of nitrogens with zero attached hydrogens (tertiary/aromatic N) is 1. The van der Waals surface area contributed by atoms with Gasteiger partial charge < -0.3 is 10.6 Å². The van der Waals surface area contributed by atoms with Gasteiger partial charge >= 0.3 is 0 Å². The Morgan fingerprint density at radius 3 is 3.14 bits per heavy atom. The first kappa shape index (κ1) is 9.74. The van der Waals surface area contributed by atoms with E-state index in [2.05, 4.69) is 15.6 Å². The lowest BCUT2D eigenvalue weighted by molar-refractivity contribution is 0.633. The Hall–Kier alpha value is -0.800. The third-order valence-electron chi connectivity index (χ3n) is 2.44. The number of anilines is 1. The SMILES string of the molecule is Clc1ccc(NC[C@H]2CCCN2)cn1. The molecule has 76 valence electrons. The molecule has 1 aliphatic rings. The molecule has 0 aliphatic carbocycles. The van der Waals surface area contributed by atoms with Gasteiger partial charge in [0.05, 0.1) is 11.9 Å². The summed E-state index contributed by atoms with van der Waals surface area (Å²) in [5, 5.41) is 7.30. The number of pyridine rings is 1. The highest BCUT2D eigenvalue weighted by Gasteiger charge is 2.12. The van der Waals surface area contributed by atoms with Gasteiger partial charge in [-0.25, -0.2) is 4.98 Å². The van der Waals surface area contributed by atoms with E-state index in [0.29, 0.717) is 11.2 Å². The summed E-state index contributed by atoms with van der Waals surface area (Å²) >= 11 is 5.69. The van der Waals surface area contributed by atoms with Gasteiger partial charge in [-0.1, -0.05) is 11.6 Å². The van der Waals surface area contributed by atoms with Gasteiger partial charge in [-0.3, -0.25) is 0 Å². The first-order valence-electron chi connectivity index (χ1n) is 4.93. The fourth-order valence-electron chi connectivity index (χ4n) is 1.65. The van der Waals surface area contributed by atoms with Crippen LogP contribution in [0.4, 0.5) is 5.69 Å². The summed E-state index contributed by atoms with van der Waals surface area (Å²) < 4.78 is 0. The zero-order valence-corrected chi connectivity index (χ0v) is 8.72. The molecule has 0 radical (unpaired) electrons. The molecule has 1 aliphatic heterocycles. The Balaban J connectivity index is 1.82. The van der Waals surface area contributed by atoms with Gasteiger partial charge in [0.25, 0.3) is 0 Å². The van der Waals surface area contributed by atoms with Crippen LogP contribution >= 0.6 is 11.6 Å². The molecule has 0 spiro atoms. The zero-order valence-electron chi connectivity index (χ0n) is 7.96. The van der Waals surface area contributed by atoms with Crippen molar-refractivity contribution in [3.05, 3.63) is 23.5 Å². The minimum atomic E-state index is 0.537. The van der Waals surface area contributed by atoms with Crippen LogP contribution in [0, 0.1) is 0 Å². The number of hydrogen-bond acceptors (Lipinski definition) is 3. The molecular formula is C10H14ClN3. The molecule has 3 nitrogen and oxygen atoms in total. The van der Waals surface area contributed by atoms with Crippen LogP contribution in [0.2, 0.25) is 5.15 Å². The zero-order chi connectivity index (χ0) is 9.80. The maximum atomic E-state index is 5.69. The van der Waals surface area contributed by atoms with E-state index in [0.717, 1.165) is 18.8 Å². The molecule has 1 aromatic rings. The Labute approximate surface area is 88.9 Å². The number of nitrogens with one attached hydrogen (secondary N) is 2. The first-order valence-corrected chi connectivity index (χ1v) is 5.31. The molecule has 1 atom stereocenters. The van der Waals surface area contributed by atoms with Crippen molar-refractivity contribution in [3.63, 3.8) is 0 Å². The molecular weight excluding hydrogens is 198 g/mol. The van der Waals surface area contributed by atoms with Crippen LogP contribution in [0.5, 0.6) is 0 Å². The van der Waals surface area contributed by atoms with Gasteiger partial charge in [-0.2, -0.15) is 0 Å². The van der Waals surface area contributed by atoms with Crippen molar-refractivity contribution < 1.29 is 0 Å². The number of hydrogen-bond donors (Lipinski definition) is 2. The molecule has 1 fully saturated rings. The topological polar surface area (TPSA) is 37.0 Å².